The lowest BCUT2D eigenvalue weighted by Crippen LogP contribution is -3.00. The van der Waals surface area contributed by atoms with Crippen molar-refractivity contribution in [3.8, 4) is 0 Å². The summed E-state index contributed by atoms with van der Waals surface area (Å²) < 4.78 is 0.631. The van der Waals surface area contributed by atoms with E-state index in [1.165, 1.54) is 89.9 Å². The molecule has 27 heavy (non-hydrogen) atoms. The molecule has 0 radical (unpaired) electrons. The van der Waals surface area contributed by atoms with Gasteiger partial charge in [0.2, 0.25) is 0 Å². The maximum Gasteiger partial charge on any atom is 0.106 e. The number of aliphatic hydroxyl groups excluding tert-OH is 2. The van der Waals surface area contributed by atoms with Gasteiger partial charge in [0.15, 0.2) is 0 Å². The highest BCUT2D eigenvalue weighted by molar-refractivity contribution is 4.74. The molecule has 0 aliphatic rings. The number of unbranched alkanes of at least 4 members (excludes halogenated alkanes) is 14. The minimum absolute atomic E-state index is 0. The van der Waals surface area contributed by atoms with Crippen molar-refractivity contribution in [1.82, 2.24) is 0 Å². The maximum absolute atomic E-state index is 9.13. The van der Waals surface area contributed by atoms with Crippen LogP contribution in [0.3, 0.4) is 0 Å². The summed E-state index contributed by atoms with van der Waals surface area (Å²) in [6.07, 6.45) is 25.1. The second-order valence-corrected chi connectivity index (χ2v) is 8.14. The molecule has 164 valence electrons. The lowest BCUT2D eigenvalue weighted by atomic mass is 10.0. The minimum atomic E-state index is 0. The van der Waals surface area contributed by atoms with Crippen LogP contribution in [-0.4, -0.2) is 48.0 Å². The summed E-state index contributed by atoms with van der Waals surface area (Å²) in [4.78, 5) is 0. The molecule has 0 saturated heterocycles. The van der Waals surface area contributed by atoms with Gasteiger partial charge in [0, 0.05) is 0 Å². The molecular formula is C23H48ClNO2. The molecule has 0 heterocycles. The molecule has 4 heteroatoms. The van der Waals surface area contributed by atoms with Crippen molar-refractivity contribution >= 4 is 0 Å². The van der Waals surface area contributed by atoms with Gasteiger partial charge >= 0.3 is 0 Å². The highest BCUT2D eigenvalue weighted by Gasteiger charge is 2.16. The molecule has 0 spiro atoms. The molecule has 0 aromatic carbocycles. The van der Waals surface area contributed by atoms with E-state index < -0.39 is 0 Å². The van der Waals surface area contributed by atoms with Crippen LogP contribution in [0.2, 0.25) is 0 Å². The summed E-state index contributed by atoms with van der Waals surface area (Å²) in [5.41, 5.74) is 0. The van der Waals surface area contributed by atoms with Crippen LogP contribution in [0, 0.1) is 0 Å². The quantitative estimate of drug-likeness (QED) is 0.241. The van der Waals surface area contributed by atoms with Crippen LogP contribution in [-0.2, 0) is 0 Å². The predicted octanol–water partition coefficient (Wildman–Crippen LogP) is 2.81. The van der Waals surface area contributed by atoms with Crippen molar-refractivity contribution in [2.24, 2.45) is 0 Å². The van der Waals surface area contributed by atoms with E-state index in [0.29, 0.717) is 17.6 Å². The molecule has 2 N–H and O–H groups in total. The Morgan fingerprint density at radius 1 is 0.630 bits per heavy atom. The van der Waals surface area contributed by atoms with Crippen LogP contribution in [0.1, 0.15) is 103 Å². The Labute approximate surface area is 176 Å². The summed E-state index contributed by atoms with van der Waals surface area (Å²) in [6.45, 7) is 3.97. The van der Waals surface area contributed by atoms with E-state index in [4.69, 9.17) is 10.2 Å². The molecule has 0 saturated carbocycles. The van der Waals surface area contributed by atoms with Gasteiger partial charge in [0.05, 0.1) is 26.5 Å². The summed E-state index contributed by atoms with van der Waals surface area (Å²) >= 11 is 0. The number of rotatable bonds is 20. The van der Waals surface area contributed by atoms with Crippen LogP contribution in [0.15, 0.2) is 12.3 Å². The first kappa shape index (κ1) is 29.1. The number of allylic oxidation sites excluding steroid dienone is 1. The van der Waals surface area contributed by atoms with Gasteiger partial charge in [-0.05, 0) is 18.9 Å². The van der Waals surface area contributed by atoms with E-state index in [9.17, 15) is 0 Å². The van der Waals surface area contributed by atoms with Gasteiger partial charge in [-0.25, -0.2) is 0 Å². The largest absolute Gasteiger partial charge is 1.00 e. The summed E-state index contributed by atoms with van der Waals surface area (Å²) in [7, 11) is 2.06. The van der Waals surface area contributed by atoms with E-state index >= 15 is 0 Å². The number of hydrogen-bond acceptors (Lipinski definition) is 2. The summed E-state index contributed by atoms with van der Waals surface area (Å²) in [5, 5.41) is 18.3. The zero-order valence-corrected chi connectivity index (χ0v) is 19.1. The van der Waals surface area contributed by atoms with E-state index in [1.54, 1.807) is 0 Å². The van der Waals surface area contributed by atoms with Gasteiger partial charge in [-0.1, -0.05) is 90.4 Å². The average molecular weight is 406 g/mol. The minimum Gasteiger partial charge on any atom is -1.00 e. The van der Waals surface area contributed by atoms with E-state index in [2.05, 4.69) is 26.2 Å². The summed E-state index contributed by atoms with van der Waals surface area (Å²) in [6, 6.07) is 0. The Bertz CT molecular complexity index is 305. The summed E-state index contributed by atoms with van der Waals surface area (Å²) in [5.74, 6) is 0. The van der Waals surface area contributed by atoms with Gasteiger partial charge in [-0.15, -0.1) is 0 Å². The molecular weight excluding hydrogens is 358 g/mol. The maximum atomic E-state index is 9.13. The highest BCUT2D eigenvalue weighted by Crippen LogP contribution is 2.13. The second-order valence-electron chi connectivity index (χ2n) is 8.14. The van der Waals surface area contributed by atoms with Crippen LogP contribution < -0.4 is 12.4 Å². The Morgan fingerprint density at radius 2 is 1.00 bits per heavy atom. The van der Waals surface area contributed by atoms with Crippen molar-refractivity contribution in [1.29, 1.82) is 0 Å². The lowest BCUT2D eigenvalue weighted by molar-refractivity contribution is -0.860. The Balaban J connectivity index is 0. The Hall–Kier alpha value is -0.0900. The van der Waals surface area contributed by atoms with Crippen LogP contribution >= 0.6 is 0 Å². The van der Waals surface area contributed by atoms with Crippen LogP contribution in [0.4, 0.5) is 0 Å². The molecule has 0 aliphatic heterocycles. The van der Waals surface area contributed by atoms with E-state index in [0.717, 1.165) is 6.42 Å². The van der Waals surface area contributed by atoms with E-state index in [1.807, 2.05) is 0 Å². The fraction of sp³-hybridized carbons (Fsp3) is 0.913. The number of halogens is 1. The van der Waals surface area contributed by atoms with Gasteiger partial charge < -0.3 is 22.6 Å². The number of likely N-dealkylation sites (N-methyl/N-ethyl adjacent to an activating group) is 1. The molecule has 0 bridgehead atoms. The fourth-order valence-corrected chi connectivity index (χ4v) is 3.50. The van der Waals surface area contributed by atoms with Crippen molar-refractivity contribution in [3.63, 3.8) is 0 Å². The zero-order valence-electron chi connectivity index (χ0n) is 18.3. The predicted molar refractivity (Wildman–Crippen MR) is 114 cm³/mol. The lowest BCUT2D eigenvalue weighted by Gasteiger charge is -2.28. The number of hydrogen-bond donors (Lipinski definition) is 2. The third kappa shape index (κ3) is 20.5. The standard InChI is InChI=1S/C23H48NO2.ClH/c1-3-4-5-6-7-8-9-10-11-12-13-14-15-16-17-18-19-24(2,20-22-25)21-23-26;/h18-19,25-26H,3-17,20-23H2,1-2H3;1H/q+1;/p-1. The first-order valence-corrected chi connectivity index (χ1v) is 11.4. The van der Waals surface area contributed by atoms with Crippen LogP contribution in [0.25, 0.3) is 0 Å². The van der Waals surface area contributed by atoms with Crippen molar-refractivity contribution in [2.75, 3.05) is 33.4 Å². The van der Waals surface area contributed by atoms with Gasteiger partial charge in [0.25, 0.3) is 0 Å². The monoisotopic (exact) mass is 405 g/mol. The molecule has 0 atom stereocenters. The average Bonchev–Trinajstić information content (AvgIpc) is 2.62. The molecule has 0 aromatic heterocycles. The highest BCUT2D eigenvalue weighted by atomic mass is 35.5. The molecule has 0 fully saturated rings. The van der Waals surface area contributed by atoms with Gasteiger partial charge in [-0.2, -0.15) is 0 Å². The number of nitrogens with zero attached hydrogens (tertiary/aromatic N) is 1. The van der Waals surface area contributed by atoms with Crippen molar-refractivity contribution in [3.05, 3.63) is 12.3 Å². The van der Waals surface area contributed by atoms with Crippen molar-refractivity contribution in [2.45, 2.75) is 103 Å². The Morgan fingerprint density at radius 3 is 1.37 bits per heavy atom. The number of quaternary nitrogens is 1. The molecule has 0 aliphatic carbocycles. The molecule has 3 nitrogen and oxygen atoms in total. The normalized spacial score (nSPS) is 11.9. The first-order valence-electron chi connectivity index (χ1n) is 11.4. The zero-order chi connectivity index (χ0) is 19.3. The topological polar surface area (TPSA) is 40.5 Å². The third-order valence-electron chi connectivity index (χ3n) is 5.41. The third-order valence-corrected chi connectivity index (χ3v) is 5.41. The van der Waals surface area contributed by atoms with Gasteiger partial charge in [-0.3, -0.25) is 4.48 Å². The van der Waals surface area contributed by atoms with Crippen LogP contribution in [0.5, 0.6) is 0 Å². The Kier molecular flexibility index (Phi) is 23.9. The molecule has 0 rings (SSSR count). The molecule has 0 amide bonds. The smallest absolute Gasteiger partial charge is 0.106 e. The van der Waals surface area contributed by atoms with Gasteiger partial charge in [0.1, 0.15) is 13.1 Å². The van der Waals surface area contributed by atoms with Crippen molar-refractivity contribution < 1.29 is 27.1 Å². The number of aliphatic hydroxyl groups is 2. The SMILES string of the molecule is CCCCCCCCCCCCCCCCC=C[N+](C)(CCO)CCO.[Cl-]. The first-order chi connectivity index (χ1) is 12.7. The second kappa shape index (κ2) is 22.2. The van der Waals surface area contributed by atoms with E-state index in [-0.39, 0.29) is 25.6 Å². The molecule has 0 aromatic rings. The molecule has 0 unspecified atom stereocenters. The fourth-order valence-electron chi connectivity index (χ4n) is 3.50.